The quantitative estimate of drug-likeness (QED) is 0.468. The van der Waals surface area contributed by atoms with Crippen molar-refractivity contribution in [1.29, 1.82) is 0 Å². The molecule has 3 aromatic rings. The first-order valence-corrected chi connectivity index (χ1v) is 11.5. The van der Waals surface area contributed by atoms with Crippen molar-refractivity contribution in [2.45, 2.75) is 51.5 Å². The maximum atomic E-state index is 12.4. The number of aromatic nitrogens is 3. The minimum Gasteiger partial charge on any atom is -0.365 e. The Morgan fingerprint density at radius 3 is 2.41 bits per heavy atom. The van der Waals surface area contributed by atoms with E-state index in [1.54, 1.807) is 30.5 Å². The van der Waals surface area contributed by atoms with Crippen LogP contribution in [-0.4, -0.2) is 40.9 Å². The standard InChI is InChI=1S/C21H26N6O4S/c1-12(2)26-32(30,31)16-7-5-15(6-8-16)25-19(28)10-9-17-13(3)24-21-18(20(22)29)11-23-27(21)14(17)4/h5-8,11-12,26H,9-10H2,1-4H3,(H2,22,29)(H,25,28). The molecule has 10 nitrogen and oxygen atoms in total. The molecule has 3 rings (SSSR count). The molecule has 0 fully saturated rings. The molecule has 0 atom stereocenters. The third kappa shape index (κ3) is 4.94. The fourth-order valence-corrected chi connectivity index (χ4v) is 4.66. The molecule has 0 bridgehead atoms. The first kappa shape index (κ1) is 23.4. The molecule has 0 spiro atoms. The van der Waals surface area contributed by atoms with Crippen molar-refractivity contribution in [3.05, 3.63) is 53.0 Å². The highest BCUT2D eigenvalue weighted by Gasteiger charge is 2.18. The van der Waals surface area contributed by atoms with Gasteiger partial charge in [0.1, 0.15) is 5.56 Å². The van der Waals surface area contributed by atoms with E-state index in [0.717, 1.165) is 11.3 Å². The smallest absolute Gasteiger partial charge is 0.254 e. The van der Waals surface area contributed by atoms with Gasteiger partial charge in [-0.25, -0.2) is 22.6 Å². The van der Waals surface area contributed by atoms with Gasteiger partial charge in [0.25, 0.3) is 5.91 Å². The van der Waals surface area contributed by atoms with Gasteiger partial charge in [0.2, 0.25) is 15.9 Å². The third-order valence-corrected chi connectivity index (χ3v) is 6.59. The van der Waals surface area contributed by atoms with Crippen molar-refractivity contribution in [2.75, 3.05) is 5.32 Å². The maximum absolute atomic E-state index is 12.4. The molecular weight excluding hydrogens is 432 g/mol. The van der Waals surface area contributed by atoms with E-state index in [9.17, 15) is 18.0 Å². The number of sulfonamides is 1. The molecule has 0 radical (unpaired) electrons. The number of fused-ring (bicyclic) bond motifs is 1. The first-order chi connectivity index (χ1) is 15.0. The number of nitrogens with zero attached hydrogens (tertiary/aromatic N) is 3. The number of nitrogens with one attached hydrogen (secondary N) is 2. The number of aryl methyl sites for hydroxylation is 2. The molecule has 2 amide bonds. The van der Waals surface area contributed by atoms with Crippen LogP contribution in [-0.2, 0) is 21.2 Å². The molecule has 0 unspecified atom stereocenters. The number of hydrogen-bond donors (Lipinski definition) is 3. The highest BCUT2D eigenvalue weighted by atomic mass is 32.2. The first-order valence-electron chi connectivity index (χ1n) is 10.1. The van der Waals surface area contributed by atoms with Crippen LogP contribution in [0, 0.1) is 13.8 Å². The van der Waals surface area contributed by atoms with Crippen LogP contribution >= 0.6 is 0 Å². The van der Waals surface area contributed by atoms with Crippen molar-refractivity contribution in [1.82, 2.24) is 19.3 Å². The fourth-order valence-electron chi connectivity index (χ4n) is 3.40. The van der Waals surface area contributed by atoms with Gasteiger partial charge in [-0.3, -0.25) is 9.59 Å². The van der Waals surface area contributed by atoms with Crippen LogP contribution in [0.25, 0.3) is 5.65 Å². The lowest BCUT2D eigenvalue weighted by atomic mass is 10.1. The molecule has 2 aromatic heterocycles. The number of rotatable bonds is 8. The molecular formula is C21H26N6O4S. The average molecular weight is 459 g/mol. The Balaban J connectivity index is 1.69. The van der Waals surface area contributed by atoms with Crippen LogP contribution in [0.1, 0.15) is 47.6 Å². The zero-order chi connectivity index (χ0) is 23.6. The molecule has 0 aliphatic heterocycles. The lowest BCUT2D eigenvalue weighted by Crippen LogP contribution is -2.30. The number of amides is 2. The highest BCUT2D eigenvalue weighted by Crippen LogP contribution is 2.19. The van der Waals surface area contributed by atoms with Gasteiger partial charge < -0.3 is 11.1 Å². The summed E-state index contributed by atoms with van der Waals surface area (Å²) in [6, 6.07) is 5.77. The van der Waals surface area contributed by atoms with Crippen LogP contribution in [0.5, 0.6) is 0 Å². The van der Waals surface area contributed by atoms with E-state index in [4.69, 9.17) is 5.73 Å². The van der Waals surface area contributed by atoms with Gasteiger partial charge in [-0.1, -0.05) is 0 Å². The second kappa shape index (κ2) is 9.05. The Morgan fingerprint density at radius 2 is 1.81 bits per heavy atom. The summed E-state index contributed by atoms with van der Waals surface area (Å²) in [7, 11) is -3.59. The van der Waals surface area contributed by atoms with Gasteiger partial charge in [0, 0.05) is 29.5 Å². The number of primary amides is 1. The normalized spacial score (nSPS) is 11.8. The van der Waals surface area contributed by atoms with E-state index in [-0.39, 0.29) is 28.8 Å². The van der Waals surface area contributed by atoms with Crippen LogP contribution in [0.15, 0.2) is 35.4 Å². The Morgan fingerprint density at radius 1 is 1.16 bits per heavy atom. The van der Waals surface area contributed by atoms with E-state index in [2.05, 4.69) is 20.1 Å². The molecule has 32 heavy (non-hydrogen) atoms. The van der Waals surface area contributed by atoms with E-state index < -0.39 is 15.9 Å². The summed E-state index contributed by atoms with van der Waals surface area (Å²) in [4.78, 5) is 28.5. The third-order valence-electron chi connectivity index (χ3n) is 4.92. The number of carbonyl (C=O) groups is 2. The molecule has 170 valence electrons. The van der Waals surface area contributed by atoms with Gasteiger partial charge in [0.15, 0.2) is 5.65 Å². The summed E-state index contributed by atoms with van der Waals surface area (Å²) in [6.45, 7) is 7.14. The Labute approximate surface area is 186 Å². The summed E-state index contributed by atoms with van der Waals surface area (Å²) >= 11 is 0. The van der Waals surface area contributed by atoms with Crippen LogP contribution in [0.4, 0.5) is 5.69 Å². The largest absolute Gasteiger partial charge is 0.365 e. The summed E-state index contributed by atoms with van der Waals surface area (Å²) in [5.74, 6) is -0.824. The van der Waals surface area contributed by atoms with E-state index in [1.807, 2.05) is 13.8 Å². The predicted octanol–water partition coefficient (Wildman–Crippen LogP) is 1.70. The lowest BCUT2D eigenvalue weighted by Gasteiger charge is -2.12. The molecule has 1 aromatic carbocycles. The topological polar surface area (TPSA) is 149 Å². The number of carbonyl (C=O) groups excluding carboxylic acids is 2. The second-order valence-corrected chi connectivity index (χ2v) is 9.48. The van der Waals surface area contributed by atoms with E-state index in [0.29, 0.717) is 23.4 Å². The fraction of sp³-hybridized carbons (Fsp3) is 0.333. The molecule has 11 heteroatoms. The van der Waals surface area contributed by atoms with Crippen molar-refractivity contribution >= 4 is 33.2 Å². The molecule has 0 saturated carbocycles. The summed E-state index contributed by atoms with van der Waals surface area (Å²) in [5.41, 5.74) is 8.83. The number of nitrogens with two attached hydrogens (primary N) is 1. The number of benzene rings is 1. The molecule has 2 heterocycles. The van der Waals surface area contributed by atoms with Crippen molar-refractivity contribution in [3.63, 3.8) is 0 Å². The molecule has 0 aliphatic rings. The van der Waals surface area contributed by atoms with Gasteiger partial charge in [-0.15, -0.1) is 0 Å². The Bertz CT molecular complexity index is 1280. The maximum Gasteiger partial charge on any atom is 0.254 e. The Hall–Kier alpha value is -3.31. The minimum atomic E-state index is -3.59. The lowest BCUT2D eigenvalue weighted by molar-refractivity contribution is -0.116. The molecule has 0 aliphatic carbocycles. The molecule has 0 saturated heterocycles. The molecule has 4 N–H and O–H groups in total. The van der Waals surface area contributed by atoms with Gasteiger partial charge in [-0.05, 0) is 63.9 Å². The minimum absolute atomic E-state index is 0.129. The number of hydrogen-bond acceptors (Lipinski definition) is 6. The van der Waals surface area contributed by atoms with E-state index >= 15 is 0 Å². The van der Waals surface area contributed by atoms with Crippen molar-refractivity contribution < 1.29 is 18.0 Å². The summed E-state index contributed by atoms with van der Waals surface area (Å²) in [5, 5.41) is 6.95. The second-order valence-electron chi connectivity index (χ2n) is 7.77. The van der Waals surface area contributed by atoms with Gasteiger partial charge in [-0.2, -0.15) is 5.10 Å². The Kier molecular flexibility index (Phi) is 6.60. The van der Waals surface area contributed by atoms with Gasteiger partial charge in [0.05, 0.1) is 11.1 Å². The zero-order valence-corrected chi connectivity index (χ0v) is 19.2. The summed E-state index contributed by atoms with van der Waals surface area (Å²) < 4.78 is 28.4. The monoisotopic (exact) mass is 458 g/mol. The van der Waals surface area contributed by atoms with Gasteiger partial charge >= 0.3 is 0 Å². The SMILES string of the molecule is Cc1nc2c(C(N)=O)cnn2c(C)c1CCC(=O)Nc1ccc(S(=O)(=O)NC(C)C)cc1. The number of anilines is 1. The zero-order valence-electron chi connectivity index (χ0n) is 18.3. The van der Waals surface area contributed by atoms with Crippen LogP contribution < -0.4 is 15.8 Å². The highest BCUT2D eigenvalue weighted by molar-refractivity contribution is 7.89. The van der Waals surface area contributed by atoms with Crippen molar-refractivity contribution in [3.8, 4) is 0 Å². The van der Waals surface area contributed by atoms with Crippen LogP contribution in [0.2, 0.25) is 0 Å². The average Bonchev–Trinajstić information content (AvgIpc) is 3.11. The summed E-state index contributed by atoms with van der Waals surface area (Å²) in [6.07, 6.45) is 1.99. The van der Waals surface area contributed by atoms with Crippen LogP contribution in [0.3, 0.4) is 0 Å². The van der Waals surface area contributed by atoms with Crippen molar-refractivity contribution in [2.24, 2.45) is 5.73 Å². The van der Waals surface area contributed by atoms with E-state index in [1.165, 1.54) is 18.3 Å². The predicted molar refractivity (Wildman–Crippen MR) is 120 cm³/mol.